The molecule has 32 heavy (non-hydrogen) atoms. The Labute approximate surface area is 186 Å². The summed E-state index contributed by atoms with van der Waals surface area (Å²) >= 11 is 0. The molecule has 0 spiro atoms. The molecule has 0 aliphatic carbocycles. The van der Waals surface area contributed by atoms with E-state index in [0.29, 0.717) is 12.4 Å². The van der Waals surface area contributed by atoms with Gasteiger partial charge < -0.3 is 10.8 Å². The van der Waals surface area contributed by atoms with E-state index in [2.05, 4.69) is 9.97 Å². The first-order valence-electron chi connectivity index (χ1n) is 10.3. The Morgan fingerprint density at radius 3 is 2.41 bits per heavy atom. The lowest BCUT2D eigenvalue weighted by molar-refractivity contribution is 0.253. The smallest absolute Gasteiger partial charge is 0.320 e. The summed E-state index contributed by atoms with van der Waals surface area (Å²) in [5, 5.41) is 8.89. The number of hydrogen-bond donors (Lipinski definition) is 2. The predicted molar refractivity (Wildman–Crippen MR) is 122 cm³/mol. The second-order valence-electron chi connectivity index (χ2n) is 7.68. The summed E-state index contributed by atoms with van der Waals surface area (Å²) < 4.78 is 24.6. The van der Waals surface area contributed by atoms with Gasteiger partial charge in [0.1, 0.15) is 5.82 Å². The van der Waals surface area contributed by atoms with Crippen LogP contribution < -0.4 is 10.6 Å². The van der Waals surface area contributed by atoms with Gasteiger partial charge in [0.15, 0.2) is 9.84 Å². The van der Waals surface area contributed by atoms with Crippen LogP contribution in [0.5, 0.6) is 0 Å². The van der Waals surface area contributed by atoms with Crippen LogP contribution in [0.15, 0.2) is 59.9 Å². The zero-order chi connectivity index (χ0) is 22.7. The van der Waals surface area contributed by atoms with E-state index >= 15 is 0 Å². The average molecular weight is 453 g/mol. The van der Waals surface area contributed by atoms with Crippen molar-refractivity contribution >= 4 is 21.7 Å². The molecule has 4 rings (SSSR count). The number of hydrogen-bond acceptors (Lipinski definition) is 6. The van der Waals surface area contributed by atoms with E-state index in [-0.39, 0.29) is 23.7 Å². The Bertz CT molecular complexity index is 1240. The summed E-state index contributed by atoms with van der Waals surface area (Å²) in [5.41, 5.74) is 9.87. The lowest BCUT2D eigenvalue weighted by atomic mass is 9.99. The topological polar surface area (TPSA) is 126 Å². The van der Waals surface area contributed by atoms with Gasteiger partial charge in [-0.3, -0.25) is 9.88 Å². The number of fused-ring (bicyclic) bond motifs is 1. The van der Waals surface area contributed by atoms with E-state index in [4.69, 9.17) is 10.8 Å². The van der Waals surface area contributed by atoms with Crippen LogP contribution in [0.2, 0.25) is 0 Å². The van der Waals surface area contributed by atoms with Gasteiger partial charge in [0, 0.05) is 48.4 Å². The maximum atomic E-state index is 12.3. The number of carbonyl (C=O) groups is 1. The fourth-order valence-corrected chi connectivity index (χ4v) is 5.11. The molecule has 2 aromatic heterocycles. The predicted octanol–water partition coefficient (Wildman–Crippen LogP) is 2.80. The minimum Gasteiger partial charge on any atom is -0.396 e. The molecule has 0 saturated heterocycles. The summed E-state index contributed by atoms with van der Waals surface area (Å²) in [6, 6.07) is 10.1. The highest BCUT2D eigenvalue weighted by Crippen LogP contribution is 2.31. The van der Waals surface area contributed by atoms with Crippen LogP contribution in [0.1, 0.15) is 18.4 Å². The largest absolute Gasteiger partial charge is 0.396 e. The second kappa shape index (κ2) is 9.05. The summed E-state index contributed by atoms with van der Waals surface area (Å²) in [4.78, 5) is 22.2. The lowest BCUT2D eigenvalue weighted by Crippen LogP contribution is -2.40. The molecule has 3 heterocycles. The first-order valence-corrected chi connectivity index (χ1v) is 12.0. The van der Waals surface area contributed by atoms with E-state index in [1.165, 1.54) is 4.90 Å². The number of nitrogens with zero attached hydrogens (tertiary/aromatic N) is 3. The van der Waals surface area contributed by atoms with Crippen LogP contribution in [-0.2, 0) is 16.3 Å². The van der Waals surface area contributed by atoms with Crippen molar-refractivity contribution in [3.8, 4) is 22.3 Å². The molecular weight excluding hydrogens is 428 g/mol. The molecule has 0 atom stereocenters. The van der Waals surface area contributed by atoms with Gasteiger partial charge in [-0.15, -0.1) is 0 Å². The van der Waals surface area contributed by atoms with Gasteiger partial charge in [0.25, 0.3) is 0 Å². The van der Waals surface area contributed by atoms with E-state index in [1.807, 2.05) is 12.1 Å². The molecule has 1 aliphatic rings. The van der Waals surface area contributed by atoms with Crippen molar-refractivity contribution in [3.05, 3.63) is 60.6 Å². The lowest BCUT2D eigenvalue weighted by Gasteiger charge is -2.26. The number of aromatic nitrogens is 2. The molecule has 1 aliphatic heterocycles. The van der Waals surface area contributed by atoms with E-state index < -0.39 is 15.9 Å². The summed E-state index contributed by atoms with van der Waals surface area (Å²) in [6.07, 6.45) is 7.03. The molecular formula is C23H24N4O4S. The number of urea groups is 1. The van der Waals surface area contributed by atoms with Gasteiger partial charge in [0.05, 0.1) is 10.6 Å². The molecule has 0 bridgehead atoms. The summed E-state index contributed by atoms with van der Waals surface area (Å²) in [5.74, 6) is 0.521. The zero-order valence-electron chi connectivity index (χ0n) is 17.4. The van der Waals surface area contributed by atoms with Crippen molar-refractivity contribution in [1.29, 1.82) is 0 Å². The SMILES string of the molecule is NC(=O)N1CCCc2cc(-c3cncc(-c4ccc(S(=O)(=O)CCCO)cc4)c3)cnc21. The Balaban J connectivity index is 1.61. The molecule has 8 nitrogen and oxygen atoms in total. The Kier molecular flexibility index (Phi) is 6.20. The number of pyridine rings is 2. The standard InChI is InChI=1S/C23H24N4O4S/c24-23(29)27-8-1-3-17-11-20(15-26-22(17)27)19-12-18(13-25-14-19)16-4-6-21(7-5-16)32(30,31)10-2-9-28/h4-7,11-15,28H,1-3,8-10H2,(H2,24,29). The second-order valence-corrected chi connectivity index (χ2v) is 9.79. The molecule has 166 valence electrons. The highest BCUT2D eigenvalue weighted by Gasteiger charge is 2.22. The number of carbonyl (C=O) groups excluding carboxylic acids is 1. The van der Waals surface area contributed by atoms with E-state index in [1.54, 1.807) is 42.9 Å². The third kappa shape index (κ3) is 4.49. The Morgan fingerprint density at radius 2 is 1.72 bits per heavy atom. The van der Waals surface area contributed by atoms with Crippen LogP contribution in [0, 0.1) is 0 Å². The van der Waals surface area contributed by atoms with Crippen LogP contribution in [0.25, 0.3) is 22.3 Å². The average Bonchev–Trinajstić information content (AvgIpc) is 2.82. The number of primary amides is 1. The first-order chi connectivity index (χ1) is 15.4. The maximum Gasteiger partial charge on any atom is 0.320 e. The van der Waals surface area contributed by atoms with Crippen LogP contribution >= 0.6 is 0 Å². The molecule has 3 aromatic rings. The third-order valence-electron chi connectivity index (χ3n) is 5.48. The van der Waals surface area contributed by atoms with Gasteiger partial charge >= 0.3 is 6.03 Å². The van der Waals surface area contributed by atoms with Gasteiger partial charge in [-0.25, -0.2) is 18.2 Å². The fourth-order valence-electron chi connectivity index (χ4n) is 3.82. The molecule has 0 fully saturated rings. The van der Waals surface area contributed by atoms with Crippen molar-refractivity contribution in [3.63, 3.8) is 0 Å². The quantitative estimate of drug-likeness (QED) is 0.592. The van der Waals surface area contributed by atoms with Crippen molar-refractivity contribution in [2.45, 2.75) is 24.2 Å². The van der Waals surface area contributed by atoms with E-state index in [9.17, 15) is 13.2 Å². The van der Waals surface area contributed by atoms with Crippen molar-refractivity contribution in [1.82, 2.24) is 9.97 Å². The first kappa shape index (κ1) is 21.9. The minimum absolute atomic E-state index is 0.0849. The van der Waals surface area contributed by atoms with Gasteiger partial charge in [-0.1, -0.05) is 12.1 Å². The summed E-state index contributed by atoms with van der Waals surface area (Å²) in [6.45, 7) is 0.408. The molecule has 0 saturated carbocycles. The number of anilines is 1. The molecule has 2 amide bonds. The van der Waals surface area contributed by atoms with Crippen molar-refractivity contribution in [2.24, 2.45) is 5.73 Å². The van der Waals surface area contributed by atoms with Gasteiger partial charge in [-0.2, -0.15) is 0 Å². The number of amides is 2. The zero-order valence-corrected chi connectivity index (χ0v) is 18.3. The monoisotopic (exact) mass is 452 g/mol. The maximum absolute atomic E-state index is 12.3. The number of aryl methyl sites for hydroxylation is 1. The number of rotatable bonds is 6. The highest BCUT2D eigenvalue weighted by molar-refractivity contribution is 7.91. The molecule has 1 aromatic carbocycles. The number of nitrogens with two attached hydrogens (primary N) is 1. The number of benzene rings is 1. The van der Waals surface area contributed by atoms with E-state index in [0.717, 1.165) is 40.7 Å². The summed E-state index contributed by atoms with van der Waals surface area (Å²) in [7, 11) is -3.41. The molecule has 3 N–H and O–H groups in total. The normalized spacial score (nSPS) is 13.6. The van der Waals surface area contributed by atoms with Crippen LogP contribution in [0.3, 0.4) is 0 Å². The number of sulfone groups is 1. The van der Waals surface area contributed by atoms with Crippen molar-refractivity contribution in [2.75, 3.05) is 23.8 Å². The Hall–Kier alpha value is -3.30. The Morgan fingerprint density at radius 1 is 1.03 bits per heavy atom. The number of aliphatic hydroxyl groups excluding tert-OH is 1. The third-order valence-corrected chi connectivity index (χ3v) is 7.30. The molecule has 9 heteroatoms. The van der Waals surface area contributed by atoms with Gasteiger partial charge in [0.2, 0.25) is 0 Å². The molecule has 0 unspecified atom stereocenters. The minimum atomic E-state index is -3.41. The van der Waals surface area contributed by atoms with Crippen molar-refractivity contribution < 1.29 is 18.3 Å². The fraction of sp³-hybridized carbons (Fsp3) is 0.261. The highest BCUT2D eigenvalue weighted by atomic mass is 32.2. The van der Waals surface area contributed by atoms with Gasteiger partial charge in [-0.05, 0) is 54.7 Å². The number of aliphatic hydroxyl groups is 1. The van der Waals surface area contributed by atoms with Crippen LogP contribution in [0.4, 0.5) is 10.6 Å². The molecule has 0 radical (unpaired) electrons. The van der Waals surface area contributed by atoms with Crippen LogP contribution in [-0.4, -0.2) is 48.4 Å².